The number of likely N-dealkylation sites (N-methyl/N-ethyl adjacent to an activating group) is 1. The maximum atomic E-state index is 3.95. The van der Waals surface area contributed by atoms with Gasteiger partial charge in [0.15, 0.2) is 0 Å². The molecule has 0 saturated heterocycles. The van der Waals surface area contributed by atoms with Gasteiger partial charge < -0.3 is 5.32 Å². The number of nitrogens with zero attached hydrogens (tertiary/aromatic N) is 1. The fourth-order valence-corrected chi connectivity index (χ4v) is 1.79. The summed E-state index contributed by atoms with van der Waals surface area (Å²) in [7, 11) is 2.19. The summed E-state index contributed by atoms with van der Waals surface area (Å²) in [5.74, 6) is 0. The van der Waals surface area contributed by atoms with Crippen LogP contribution in [0.2, 0.25) is 0 Å². The zero-order chi connectivity index (χ0) is 11.3. The van der Waals surface area contributed by atoms with Crippen LogP contribution in [0.1, 0.15) is 39.5 Å². The lowest BCUT2D eigenvalue weighted by atomic mass is 10.1. The summed E-state index contributed by atoms with van der Waals surface area (Å²) in [6.45, 7) is 10.6. The topological polar surface area (TPSA) is 15.3 Å². The van der Waals surface area contributed by atoms with E-state index in [0.717, 1.165) is 12.6 Å². The lowest BCUT2D eigenvalue weighted by molar-refractivity contribution is 0.261. The van der Waals surface area contributed by atoms with Crippen LogP contribution in [-0.2, 0) is 0 Å². The summed E-state index contributed by atoms with van der Waals surface area (Å²) in [4.78, 5) is 2.39. The van der Waals surface area contributed by atoms with E-state index in [0.29, 0.717) is 6.04 Å². The Labute approximate surface area is 94.7 Å². The first kappa shape index (κ1) is 12.7. The van der Waals surface area contributed by atoms with Crippen molar-refractivity contribution in [3.63, 3.8) is 0 Å². The van der Waals surface area contributed by atoms with Crippen molar-refractivity contribution in [2.45, 2.75) is 51.6 Å². The fourth-order valence-electron chi connectivity index (χ4n) is 1.79. The SMILES string of the molecule is C=C(C)CN(C)C(C)CCCNC1CC1. The van der Waals surface area contributed by atoms with Gasteiger partial charge in [-0.3, -0.25) is 4.90 Å². The van der Waals surface area contributed by atoms with Gasteiger partial charge in [-0.2, -0.15) is 0 Å². The van der Waals surface area contributed by atoms with E-state index in [1.54, 1.807) is 0 Å². The summed E-state index contributed by atoms with van der Waals surface area (Å²) >= 11 is 0. The van der Waals surface area contributed by atoms with Crippen molar-refractivity contribution in [1.82, 2.24) is 10.2 Å². The lowest BCUT2D eigenvalue weighted by Crippen LogP contribution is -2.31. The summed E-state index contributed by atoms with van der Waals surface area (Å²) < 4.78 is 0. The summed E-state index contributed by atoms with van der Waals surface area (Å²) in [6.07, 6.45) is 5.36. The summed E-state index contributed by atoms with van der Waals surface area (Å²) in [5, 5.41) is 3.56. The van der Waals surface area contributed by atoms with Crippen molar-refractivity contribution in [3.8, 4) is 0 Å². The smallest absolute Gasteiger partial charge is 0.0187 e. The van der Waals surface area contributed by atoms with Gasteiger partial charge in [0, 0.05) is 18.6 Å². The minimum atomic E-state index is 0.669. The number of hydrogen-bond donors (Lipinski definition) is 1. The van der Waals surface area contributed by atoms with Crippen molar-refractivity contribution in [2.24, 2.45) is 0 Å². The first-order chi connectivity index (χ1) is 7.09. The molecule has 15 heavy (non-hydrogen) atoms. The monoisotopic (exact) mass is 210 g/mol. The minimum Gasteiger partial charge on any atom is -0.314 e. The maximum Gasteiger partial charge on any atom is 0.0187 e. The molecule has 1 unspecified atom stereocenters. The number of hydrogen-bond acceptors (Lipinski definition) is 2. The summed E-state index contributed by atoms with van der Waals surface area (Å²) in [6, 6.07) is 1.52. The third kappa shape index (κ3) is 5.95. The Balaban J connectivity index is 1.99. The van der Waals surface area contributed by atoms with Crippen molar-refractivity contribution in [3.05, 3.63) is 12.2 Å². The lowest BCUT2D eigenvalue weighted by Gasteiger charge is -2.24. The molecule has 0 spiro atoms. The van der Waals surface area contributed by atoms with Gasteiger partial charge in [-0.1, -0.05) is 12.2 Å². The fraction of sp³-hybridized carbons (Fsp3) is 0.846. The van der Waals surface area contributed by atoms with E-state index in [1.807, 2.05) is 0 Å². The van der Waals surface area contributed by atoms with Gasteiger partial charge in [-0.25, -0.2) is 0 Å². The Morgan fingerprint density at radius 3 is 2.73 bits per heavy atom. The third-order valence-electron chi connectivity index (χ3n) is 3.08. The molecule has 2 nitrogen and oxygen atoms in total. The zero-order valence-corrected chi connectivity index (χ0v) is 10.6. The van der Waals surface area contributed by atoms with E-state index in [1.165, 1.54) is 37.8 Å². The number of rotatable bonds is 8. The first-order valence-electron chi connectivity index (χ1n) is 6.17. The van der Waals surface area contributed by atoms with Crippen LogP contribution in [0.5, 0.6) is 0 Å². The molecule has 0 aromatic carbocycles. The molecular weight excluding hydrogens is 184 g/mol. The van der Waals surface area contributed by atoms with E-state index in [9.17, 15) is 0 Å². The van der Waals surface area contributed by atoms with Crippen molar-refractivity contribution in [2.75, 3.05) is 20.1 Å². The highest BCUT2D eigenvalue weighted by molar-refractivity contribution is 4.92. The van der Waals surface area contributed by atoms with Crippen LogP contribution < -0.4 is 5.32 Å². The maximum absolute atomic E-state index is 3.95. The van der Waals surface area contributed by atoms with Gasteiger partial charge in [-0.05, 0) is 53.1 Å². The van der Waals surface area contributed by atoms with Gasteiger partial charge in [0.1, 0.15) is 0 Å². The molecule has 0 heterocycles. The van der Waals surface area contributed by atoms with Crippen LogP contribution in [0.4, 0.5) is 0 Å². The average Bonchev–Trinajstić information content (AvgIpc) is 2.94. The van der Waals surface area contributed by atoms with E-state index in [-0.39, 0.29) is 0 Å². The molecule has 1 rings (SSSR count). The number of nitrogens with one attached hydrogen (secondary N) is 1. The second-order valence-electron chi connectivity index (χ2n) is 5.09. The summed E-state index contributed by atoms with van der Waals surface area (Å²) in [5.41, 5.74) is 1.25. The molecule has 1 aliphatic carbocycles. The molecular formula is C13H26N2. The third-order valence-corrected chi connectivity index (χ3v) is 3.08. The highest BCUT2D eigenvalue weighted by Gasteiger charge is 2.19. The van der Waals surface area contributed by atoms with Gasteiger partial charge in [0.05, 0.1) is 0 Å². The normalized spacial score (nSPS) is 18.1. The Morgan fingerprint density at radius 1 is 1.53 bits per heavy atom. The van der Waals surface area contributed by atoms with Crippen molar-refractivity contribution in [1.29, 1.82) is 0 Å². The van der Waals surface area contributed by atoms with Crippen LogP contribution in [0.15, 0.2) is 12.2 Å². The van der Waals surface area contributed by atoms with Crippen LogP contribution in [0.25, 0.3) is 0 Å². The van der Waals surface area contributed by atoms with Gasteiger partial charge in [0.2, 0.25) is 0 Å². The highest BCUT2D eigenvalue weighted by atomic mass is 15.1. The minimum absolute atomic E-state index is 0.669. The van der Waals surface area contributed by atoms with E-state index in [2.05, 4.69) is 37.7 Å². The molecule has 0 aromatic rings. The molecule has 2 heteroatoms. The Morgan fingerprint density at radius 2 is 2.20 bits per heavy atom. The standard InChI is InChI=1S/C13H26N2/c1-11(2)10-15(4)12(3)6-5-9-14-13-7-8-13/h12-14H,1,5-10H2,2-4H3. The Hall–Kier alpha value is -0.340. The van der Waals surface area contributed by atoms with Gasteiger partial charge in [0.25, 0.3) is 0 Å². The predicted octanol–water partition coefficient (Wildman–Crippen LogP) is 2.42. The van der Waals surface area contributed by atoms with Gasteiger partial charge in [-0.15, -0.1) is 0 Å². The van der Waals surface area contributed by atoms with Gasteiger partial charge >= 0.3 is 0 Å². The quantitative estimate of drug-likeness (QED) is 0.489. The van der Waals surface area contributed by atoms with E-state index < -0.39 is 0 Å². The van der Waals surface area contributed by atoms with Crippen LogP contribution in [0, 0.1) is 0 Å². The first-order valence-corrected chi connectivity index (χ1v) is 6.17. The molecule has 1 N–H and O–H groups in total. The molecule has 0 aliphatic heterocycles. The highest BCUT2D eigenvalue weighted by Crippen LogP contribution is 2.18. The van der Waals surface area contributed by atoms with Crippen LogP contribution in [-0.4, -0.2) is 37.1 Å². The average molecular weight is 210 g/mol. The van der Waals surface area contributed by atoms with E-state index in [4.69, 9.17) is 0 Å². The molecule has 1 fully saturated rings. The Bertz CT molecular complexity index is 197. The molecule has 0 bridgehead atoms. The van der Waals surface area contributed by atoms with Crippen LogP contribution in [0.3, 0.4) is 0 Å². The largest absolute Gasteiger partial charge is 0.314 e. The van der Waals surface area contributed by atoms with Crippen LogP contribution >= 0.6 is 0 Å². The molecule has 1 atom stereocenters. The molecule has 0 aromatic heterocycles. The Kier molecular flexibility index (Phi) is 5.34. The van der Waals surface area contributed by atoms with Crippen molar-refractivity contribution < 1.29 is 0 Å². The molecule has 1 aliphatic rings. The zero-order valence-electron chi connectivity index (χ0n) is 10.6. The molecule has 0 amide bonds. The second-order valence-corrected chi connectivity index (χ2v) is 5.09. The molecule has 0 radical (unpaired) electrons. The predicted molar refractivity (Wildman–Crippen MR) is 67.2 cm³/mol. The van der Waals surface area contributed by atoms with E-state index >= 15 is 0 Å². The molecule has 88 valence electrons. The second kappa shape index (κ2) is 6.29. The van der Waals surface area contributed by atoms with Crippen molar-refractivity contribution >= 4 is 0 Å². The molecule has 1 saturated carbocycles.